The van der Waals surface area contributed by atoms with Crippen LogP contribution in [0.25, 0.3) is 0 Å². The van der Waals surface area contributed by atoms with Crippen molar-refractivity contribution in [2.24, 2.45) is 11.3 Å². The second kappa shape index (κ2) is 10.7. The molecule has 5 nitrogen and oxygen atoms in total. The third kappa shape index (κ3) is 5.46. The Morgan fingerprint density at radius 2 is 1.61 bits per heavy atom. The average Bonchev–Trinajstić information content (AvgIpc) is 3.47. The molecule has 3 aliphatic heterocycles. The van der Waals surface area contributed by atoms with Crippen LogP contribution in [0.5, 0.6) is 0 Å². The SMILES string of the molecule is CCC(=O)N1CC(CN2CCC3(CC2)CCN(Cc2ccc(C(F)(F)F)cc2)C3=O)C(c2ccccc2)C1. The van der Waals surface area contributed by atoms with Gasteiger partial charge in [-0.25, -0.2) is 0 Å². The van der Waals surface area contributed by atoms with Crippen LogP contribution in [0.1, 0.15) is 55.2 Å². The number of carbonyl (C=O) groups is 2. The topological polar surface area (TPSA) is 43.9 Å². The van der Waals surface area contributed by atoms with E-state index < -0.39 is 11.7 Å². The van der Waals surface area contributed by atoms with Crippen molar-refractivity contribution in [3.63, 3.8) is 0 Å². The van der Waals surface area contributed by atoms with Crippen molar-refractivity contribution in [1.82, 2.24) is 14.7 Å². The molecule has 204 valence electrons. The molecule has 0 saturated carbocycles. The predicted octanol–water partition coefficient (Wildman–Crippen LogP) is 5.17. The van der Waals surface area contributed by atoms with E-state index in [9.17, 15) is 22.8 Å². The van der Waals surface area contributed by atoms with Gasteiger partial charge in [0.05, 0.1) is 11.0 Å². The van der Waals surface area contributed by atoms with Gasteiger partial charge in [-0.1, -0.05) is 49.4 Å². The van der Waals surface area contributed by atoms with Gasteiger partial charge in [0.15, 0.2) is 0 Å². The van der Waals surface area contributed by atoms with Gasteiger partial charge in [0.1, 0.15) is 0 Å². The van der Waals surface area contributed by atoms with Crippen molar-refractivity contribution < 1.29 is 22.8 Å². The first kappa shape index (κ1) is 26.7. The Labute approximate surface area is 222 Å². The summed E-state index contributed by atoms with van der Waals surface area (Å²) < 4.78 is 38.6. The maximum Gasteiger partial charge on any atom is 0.416 e. The zero-order valence-electron chi connectivity index (χ0n) is 21.9. The summed E-state index contributed by atoms with van der Waals surface area (Å²) >= 11 is 0. The number of alkyl halides is 3. The van der Waals surface area contributed by atoms with Crippen LogP contribution in [-0.4, -0.2) is 65.8 Å². The molecule has 2 aromatic carbocycles. The van der Waals surface area contributed by atoms with E-state index in [0.717, 1.165) is 69.7 Å². The lowest BCUT2D eigenvalue weighted by molar-refractivity contribution is -0.139. The lowest BCUT2D eigenvalue weighted by Crippen LogP contribution is -2.46. The van der Waals surface area contributed by atoms with Gasteiger partial charge >= 0.3 is 6.18 Å². The fourth-order valence-electron chi connectivity index (χ4n) is 6.58. The van der Waals surface area contributed by atoms with E-state index >= 15 is 0 Å². The number of nitrogens with zero attached hydrogens (tertiary/aromatic N) is 3. The molecule has 0 aromatic heterocycles. The first-order valence-electron chi connectivity index (χ1n) is 13.7. The number of carbonyl (C=O) groups excluding carboxylic acids is 2. The Bertz CT molecular complexity index is 1130. The van der Waals surface area contributed by atoms with Gasteiger partial charge in [-0.3, -0.25) is 9.59 Å². The Balaban J connectivity index is 1.18. The van der Waals surface area contributed by atoms with E-state index in [4.69, 9.17) is 0 Å². The highest BCUT2D eigenvalue weighted by atomic mass is 19.4. The van der Waals surface area contributed by atoms with Crippen molar-refractivity contribution in [2.45, 2.75) is 51.2 Å². The number of benzene rings is 2. The molecule has 2 atom stereocenters. The summed E-state index contributed by atoms with van der Waals surface area (Å²) in [5, 5.41) is 0. The molecule has 2 aromatic rings. The minimum Gasteiger partial charge on any atom is -0.342 e. The van der Waals surface area contributed by atoms with E-state index in [1.165, 1.54) is 17.7 Å². The maximum atomic E-state index is 13.4. The summed E-state index contributed by atoms with van der Waals surface area (Å²) in [5.41, 5.74) is 0.973. The zero-order chi connectivity index (χ0) is 26.9. The van der Waals surface area contributed by atoms with Crippen LogP contribution in [0.3, 0.4) is 0 Å². The highest BCUT2D eigenvalue weighted by molar-refractivity contribution is 5.85. The van der Waals surface area contributed by atoms with Crippen LogP contribution >= 0.6 is 0 Å². The van der Waals surface area contributed by atoms with Gasteiger partial charge in [0, 0.05) is 45.1 Å². The minimum atomic E-state index is -4.36. The Morgan fingerprint density at radius 1 is 0.947 bits per heavy atom. The Morgan fingerprint density at radius 3 is 2.24 bits per heavy atom. The number of piperidine rings is 1. The molecule has 3 fully saturated rings. The number of likely N-dealkylation sites (tertiary alicyclic amines) is 3. The minimum absolute atomic E-state index is 0.139. The van der Waals surface area contributed by atoms with Crippen LogP contribution < -0.4 is 0 Å². The average molecular weight is 528 g/mol. The van der Waals surface area contributed by atoms with Crippen LogP contribution in [-0.2, 0) is 22.3 Å². The van der Waals surface area contributed by atoms with Gasteiger partial charge in [-0.15, -0.1) is 0 Å². The fraction of sp³-hybridized carbons (Fsp3) is 0.533. The van der Waals surface area contributed by atoms with Crippen molar-refractivity contribution in [1.29, 1.82) is 0 Å². The first-order chi connectivity index (χ1) is 18.2. The third-order valence-corrected chi connectivity index (χ3v) is 8.89. The molecule has 0 bridgehead atoms. The quantitative estimate of drug-likeness (QED) is 0.521. The number of amides is 2. The molecule has 3 saturated heterocycles. The molecule has 0 radical (unpaired) electrons. The van der Waals surface area contributed by atoms with Crippen LogP contribution in [0, 0.1) is 11.3 Å². The van der Waals surface area contributed by atoms with Gasteiger partial charge in [-0.2, -0.15) is 13.2 Å². The molecule has 3 heterocycles. The van der Waals surface area contributed by atoms with E-state index in [-0.39, 0.29) is 17.2 Å². The Kier molecular flexibility index (Phi) is 7.54. The summed E-state index contributed by atoms with van der Waals surface area (Å²) in [4.78, 5) is 32.2. The summed E-state index contributed by atoms with van der Waals surface area (Å²) in [6.07, 6.45) is -1.44. The van der Waals surface area contributed by atoms with Crippen molar-refractivity contribution >= 4 is 11.8 Å². The molecule has 38 heavy (non-hydrogen) atoms. The molecule has 3 aliphatic rings. The van der Waals surface area contributed by atoms with Gasteiger partial charge in [0.2, 0.25) is 11.8 Å². The monoisotopic (exact) mass is 527 g/mol. The van der Waals surface area contributed by atoms with Crippen molar-refractivity contribution in [3.8, 4) is 0 Å². The number of rotatable bonds is 6. The standard InChI is InChI=1S/C30H36F3N3O2/c1-2-27(37)36-20-24(26(21-36)23-6-4-3-5-7-23)19-34-15-12-29(13-16-34)14-17-35(28(29)38)18-22-8-10-25(11-9-22)30(31,32)33/h3-11,24,26H,2,12-21H2,1H3. The summed E-state index contributed by atoms with van der Waals surface area (Å²) in [5.74, 6) is 1.02. The van der Waals surface area contributed by atoms with Gasteiger partial charge in [-0.05, 0) is 61.5 Å². The molecule has 0 N–H and O–H groups in total. The van der Waals surface area contributed by atoms with Crippen molar-refractivity contribution in [2.75, 3.05) is 39.3 Å². The second-order valence-corrected chi connectivity index (χ2v) is 11.2. The van der Waals surface area contributed by atoms with Crippen molar-refractivity contribution in [3.05, 3.63) is 71.3 Å². The molecule has 5 rings (SSSR count). The lowest BCUT2D eigenvalue weighted by Gasteiger charge is -2.39. The van der Waals surface area contributed by atoms with Crippen LogP contribution in [0.15, 0.2) is 54.6 Å². The largest absolute Gasteiger partial charge is 0.416 e. The molecule has 0 aliphatic carbocycles. The van der Waals surface area contributed by atoms with E-state index in [1.54, 1.807) is 0 Å². The van der Waals surface area contributed by atoms with Gasteiger partial charge < -0.3 is 14.7 Å². The molecule has 8 heteroatoms. The highest BCUT2D eigenvalue weighted by Gasteiger charge is 2.48. The lowest BCUT2D eigenvalue weighted by atomic mass is 9.76. The molecule has 2 unspecified atom stereocenters. The molecular formula is C30H36F3N3O2. The molecule has 1 spiro atoms. The third-order valence-electron chi connectivity index (χ3n) is 8.89. The highest BCUT2D eigenvalue weighted by Crippen LogP contribution is 2.43. The van der Waals surface area contributed by atoms with Crippen LogP contribution in [0.4, 0.5) is 13.2 Å². The second-order valence-electron chi connectivity index (χ2n) is 11.2. The number of hydrogen-bond acceptors (Lipinski definition) is 3. The van der Waals surface area contributed by atoms with Gasteiger partial charge in [0.25, 0.3) is 0 Å². The summed E-state index contributed by atoms with van der Waals surface area (Å²) in [6, 6.07) is 15.6. The molecular weight excluding hydrogens is 491 g/mol. The predicted molar refractivity (Wildman–Crippen MR) is 139 cm³/mol. The summed E-state index contributed by atoms with van der Waals surface area (Å²) in [6.45, 7) is 7.05. The smallest absolute Gasteiger partial charge is 0.342 e. The fourth-order valence-corrected chi connectivity index (χ4v) is 6.58. The van der Waals surface area contributed by atoms with E-state index in [0.29, 0.717) is 31.3 Å². The summed E-state index contributed by atoms with van der Waals surface area (Å²) in [7, 11) is 0. The zero-order valence-corrected chi connectivity index (χ0v) is 21.9. The number of halogens is 3. The maximum absolute atomic E-state index is 13.4. The first-order valence-corrected chi connectivity index (χ1v) is 13.7. The normalized spacial score (nSPS) is 23.9. The molecule has 2 amide bonds. The van der Waals surface area contributed by atoms with E-state index in [1.807, 2.05) is 22.8 Å². The number of hydrogen-bond donors (Lipinski definition) is 0. The van der Waals surface area contributed by atoms with E-state index in [2.05, 4.69) is 29.2 Å². The van der Waals surface area contributed by atoms with Crippen LogP contribution in [0.2, 0.25) is 0 Å². The Hall–Kier alpha value is -2.87.